The van der Waals surface area contributed by atoms with Gasteiger partial charge >= 0.3 is 0 Å². The lowest BCUT2D eigenvalue weighted by molar-refractivity contribution is -0.118. The number of rotatable bonds is 5. The summed E-state index contributed by atoms with van der Waals surface area (Å²) < 4.78 is 0. The summed E-state index contributed by atoms with van der Waals surface area (Å²) in [5.41, 5.74) is 2.47. The van der Waals surface area contributed by atoms with Crippen molar-refractivity contribution in [2.75, 3.05) is 23.9 Å². The van der Waals surface area contributed by atoms with Crippen molar-refractivity contribution in [3.63, 3.8) is 0 Å². The number of aliphatic hydroxyl groups is 1. The van der Waals surface area contributed by atoms with E-state index in [0.717, 1.165) is 11.3 Å². The van der Waals surface area contributed by atoms with E-state index in [4.69, 9.17) is 0 Å². The first-order valence-electron chi connectivity index (χ1n) is 8.43. The summed E-state index contributed by atoms with van der Waals surface area (Å²) in [4.78, 5) is 32.7. The van der Waals surface area contributed by atoms with Crippen LogP contribution in [0.3, 0.4) is 0 Å². The molecular weight excluding hydrogens is 330 g/mol. The van der Waals surface area contributed by atoms with E-state index in [1.807, 2.05) is 43.3 Å². The average molecular weight is 351 g/mol. The molecule has 1 amide bonds. The van der Waals surface area contributed by atoms with Crippen molar-refractivity contribution in [2.24, 2.45) is 0 Å². The Morgan fingerprint density at radius 1 is 1.15 bits per heavy atom. The molecule has 0 spiro atoms. The van der Waals surface area contributed by atoms with Crippen molar-refractivity contribution in [1.29, 1.82) is 0 Å². The van der Waals surface area contributed by atoms with Gasteiger partial charge in [-0.2, -0.15) is 0 Å². The van der Waals surface area contributed by atoms with Crippen LogP contribution in [0.25, 0.3) is 0 Å². The molecule has 1 aliphatic rings. The highest BCUT2D eigenvalue weighted by Gasteiger charge is 2.43. The zero-order valence-electron chi connectivity index (χ0n) is 15.0. The third-order valence-electron chi connectivity index (χ3n) is 4.50. The predicted octanol–water partition coefficient (Wildman–Crippen LogP) is 3.03. The van der Waals surface area contributed by atoms with Crippen LogP contribution in [0.1, 0.15) is 24.9 Å². The maximum absolute atomic E-state index is 12.8. The Balaban J connectivity index is 2.11. The summed E-state index contributed by atoms with van der Waals surface area (Å²) in [6.07, 6.45) is 3.43. The molecule has 0 radical (unpaired) electrons. The second kappa shape index (κ2) is 7.00. The standard InChI is InChI=1S/C20H21N3O3/c1-4-16(24)17-18(13-9-11-21-12-10-13)23(20(26)19(17)25)15-7-5-14(6-8-15)22(2)3/h5-12,18,25H,4H2,1-3H3. The van der Waals surface area contributed by atoms with Crippen molar-refractivity contribution >= 4 is 23.1 Å². The number of aromatic nitrogens is 1. The number of carbonyl (C=O) groups excluding carboxylic acids is 2. The molecule has 2 heterocycles. The molecule has 0 bridgehead atoms. The number of pyridine rings is 1. The van der Waals surface area contributed by atoms with E-state index in [-0.39, 0.29) is 17.8 Å². The first-order chi connectivity index (χ1) is 12.5. The van der Waals surface area contributed by atoms with Crippen LogP contribution in [0.15, 0.2) is 60.1 Å². The summed E-state index contributed by atoms with van der Waals surface area (Å²) in [6, 6.07) is 10.2. The fraction of sp³-hybridized carbons (Fsp3) is 0.250. The number of hydrogen-bond donors (Lipinski definition) is 1. The zero-order chi connectivity index (χ0) is 18.8. The fourth-order valence-electron chi connectivity index (χ4n) is 3.12. The van der Waals surface area contributed by atoms with Crippen LogP contribution < -0.4 is 9.80 Å². The summed E-state index contributed by atoms with van der Waals surface area (Å²) in [5, 5.41) is 10.4. The minimum atomic E-state index is -0.664. The number of nitrogens with zero attached hydrogens (tertiary/aromatic N) is 3. The Kier molecular flexibility index (Phi) is 4.75. The summed E-state index contributed by atoms with van der Waals surface area (Å²) in [6.45, 7) is 1.71. The maximum atomic E-state index is 12.8. The van der Waals surface area contributed by atoms with Crippen molar-refractivity contribution in [1.82, 2.24) is 4.98 Å². The SMILES string of the molecule is CCC(=O)C1=C(O)C(=O)N(c2ccc(N(C)C)cc2)C1c1ccncc1. The molecule has 1 N–H and O–H groups in total. The number of aliphatic hydroxyl groups excluding tert-OH is 1. The lowest BCUT2D eigenvalue weighted by Gasteiger charge is -2.27. The molecule has 1 atom stereocenters. The van der Waals surface area contributed by atoms with E-state index in [1.165, 1.54) is 4.90 Å². The minimum Gasteiger partial charge on any atom is -0.503 e. The van der Waals surface area contributed by atoms with Gasteiger partial charge in [-0.15, -0.1) is 0 Å². The lowest BCUT2D eigenvalue weighted by Crippen LogP contribution is -2.31. The van der Waals surface area contributed by atoms with Crippen LogP contribution in [0, 0.1) is 0 Å². The van der Waals surface area contributed by atoms with Crippen molar-refractivity contribution in [3.05, 3.63) is 65.7 Å². The molecule has 1 aliphatic heterocycles. The summed E-state index contributed by atoms with van der Waals surface area (Å²) in [7, 11) is 3.86. The number of amides is 1. The molecule has 0 aliphatic carbocycles. The number of carbonyl (C=O) groups is 2. The van der Waals surface area contributed by atoms with E-state index < -0.39 is 17.7 Å². The number of Topliss-reactive ketones (excluding diaryl/α,β-unsaturated/α-hetero) is 1. The Bertz CT molecular complexity index is 858. The number of ketones is 1. The van der Waals surface area contributed by atoms with Crippen LogP contribution in [0.4, 0.5) is 11.4 Å². The zero-order valence-corrected chi connectivity index (χ0v) is 15.0. The van der Waals surface area contributed by atoms with E-state index >= 15 is 0 Å². The molecule has 6 nitrogen and oxygen atoms in total. The van der Waals surface area contributed by atoms with Crippen LogP contribution in [0.5, 0.6) is 0 Å². The van der Waals surface area contributed by atoms with Gasteiger partial charge in [-0.05, 0) is 42.0 Å². The highest BCUT2D eigenvalue weighted by Crippen LogP contribution is 2.41. The van der Waals surface area contributed by atoms with Gasteiger partial charge in [0.2, 0.25) is 0 Å². The van der Waals surface area contributed by atoms with Crippen molar-refractivity contribution < 1.29 is 14.7 Å². The minimum absolute atomic E-state index is 0.139. The lowest BCUT2D eigenvalue weighted by atomic mass is 9.95. The Morgan fingerprint density at radius 3 is 2.31 bits per heavy atom. The molecular formula is C20H21N3O3. The Labute approximate surface area is 152 Å². The third kappa shape index (κ3) is 2.94. The summed E-state index contributed by atoms with van der Waals surface area (Å²) in [5.74, 6) is -1.29. The molecule has 1 unspecified atom stereocenters. The van der Waals surface area contributed by atoms with Gasteiger partial charge in [0, 0.05) is 44.3 Å². The first kappa shape index (κ1) is 17.7. The Hall–Kier alpha value is -3.15. The van der Waals surface area contributed by atoms with E-state index in [0.29, 0.717) is 5.69 Å². The van der Waals surface area contributed by atoms with Gasteiger partial charge in [-0.3, -0.25) is 19.5 Å². The molecule has 26 heavy (non-hydrogen) atoms. The molecule has 134 valence electrons. The molecule has 1 aromatic heterocycles. The molecule has 3 rings (SSSR count). The average Bonchev–Trinajstić information content (AvgIpc) is 2.93. The maximum Gasteiger partial charge on any atom is 0.294 e. The van der Waals surface area contributed by atoms with Crippen LogP contribution >= 0.6 is 0 Å². The highest BCUT2D eigenvalue weighted by molar-refractivity contribution is 6.16. The van der Waals surface area contributed by atoms with Gasteiger partial charge in [-0.1, -0.05) is 6.92 Å². The van der Waals surface area contributed by atoms with Gasteiger partial charge in [0.1, 0.15) is 0 Å². The molecule has 2 aromatic rings. The molecule has 0 saturated heterocycles. The molecule has 0 saturated carbocycles. The smallest absolute Gasteiger partial charge is 0.294 e. The van der Waals surface area contributed by atoms with Gasteiger partial charge in [0.25, 0.3) is 5.91 Å². The van der Waals surface area contributed by atoms with Crippen LogP contribution in [-0.2, 0) is 9.59 Å². The molecule has 1 aromatic carbocycles. The topological polar surface area (TPSA) is 73.7 Å². The number of hydrogen-bond acceptors (Lipinski definition) is 5. The van der Waals surface area contributed by atoms with Crippen LogP contribution in [-0.4, -0.2) is 35.9 Å². The monoisotopic (exact) mass is 351 g/mol. The third-order valence-corrected chi connectivity index (χ3v) is 4.50. The quantitative estimate of drug-likeness (QED) is 0.896. The molecule has 0 fully saturated rings. The Morgan fingerprint density at radius 2 is 1.77 bits per heavy atom. The first-order valence-corrected chi connectivity index (χ1v) is 8.43. The van der Waals surface area contributed by atoms with Crippen molar-refractivity contribution in [2.45, 2.75) is 19.4 Å². The van der Waals surface area contributed by atoms with Gasteiger partial charge < -0.3 is 10.0 Å². The van der Waals surface area contributed by atoms with Gasteiger partial charge in [-0.25, -0.2) is 0 Å². The van der Waals surface area contributed by atoms with E-state index in [9.17, 15) is 14.7 Å². The number of benzene rings is 1. The second-order valence-electron chi connectivity index (χ2n) is 6.31. The highest BCUT2D eigenvalue weighted by atomic mass is 16.3. The number of anilines is 2. The van der Waals surface area contributed by atoms with Crippen LogP contribution in [0.2, 0.25) is 0 Å². The predicted molar refractivity (Wildman–Crippen MR) is 100 cm³/mol. The van der Waals surface area contributed by atoms with E-state index in [1.54, 1.807) is 31.5 Å². The second-order valence-corrected chi connectivity index (χ2v) is 6.31. The van der Waals surface area contributed by atoms with Gasteiger partial charge in [0.05, 0.1) is 11.6 Å². The van der Waals surface area contributed by atoms with Gasteiger partial charge in [0.15, 0.2) is 11.5 Å². The largest absolute Gasteiger partial charge is 0.503 e. The van der Waals surface area contributed by atoms with Crippen molar-refractivity contribution in [3.8, 4) is 0 Å². The fourth-order valence-corrected chi connectivity index (χ4v) is 3.12. The molecule has 6 heteroatoms. The summed E-state index contributed by atoms with van der Waals surface area (Å²) >= 11 is 0. The normalized spacial score (nSPS) is 17.0. The van der Waals surface area contributed by atoms with E-state index in [2.05, 4.69) is 4.98 Å².